The molecule has 0 amide bonds. The van der Waals surface area contributed by atoms with Crippen molar-refractivity contribution < 1.29 is 23.1 Å². The second-order valence-electron chi connectivity index (χ2n) is 2.21. The average Bonchev–Trinajstić information content (AvgIpc) is 2.02. The number of pyridine rings is 1. The number of nitrogens with zero attached hydrogens (tertiary/aromatic N) is 1. The summed E-state index contributed by atoms with van der Waals surface area (Å²) < 4.78 is 36.1. The van der Waals surface area contributed by atoms with Gasteiger partial charge in [-0.05, 0) is 6.07 Å². The SMILES string of the molecule is O=Cc1ccnc(C(F)(F)F)c1O. The van der Waals surface area contributed by atoms with E-state index in [9.17, 15) is 18.0 Å². The number of aromatic nitrogens is 1. The number of hydrogen-bond donors (Lipinski definition) is 1. The Labute approximate surface area is 70.8 Å². The minimum Gasteiger partial charge on any atom is -0.505 e. The highest BCUT2D eigenvalue weighted by atomic mass is 19.4. The monoisotopic (exact) mass is 191 g/mol. The Kier molecular flexibility index (Phi) is 2.22. The molecule has 0 aliphatic carbocycles. The number of alkyl halides is 3. The molecule has 0 aliphatic heterocycles. The molecule has 1 aromatic rings. The van der Waals surface area contributed by atoms with Gasteiger partial charge in [-0.3, -0.25) is 4.79 Å². The number of aldehydes is 1. The topological polar surface area (TPSA) is 50.2 Å². The maximum atomic E-state index is 12.0. The first-order valence-corrected chi connectivity index (χ1v) is 3.17. The van der Waals surface area contributed by atoms with Crippen molar-refractivity contribution in [3.8, 4) is 5.75 Å². The van der Waals surface area contributed by atoms with E-state index >= 15 is 0 Å². The van der Waals surface area contributed by atoms with Gasteiger partial charge in [-0.25, -0.2) is 4.98 Å². The maximum Gasteiger partial charge on any atom is 0.437 e. The number of carbonyl (C=O) groups is 1. The van der Waals surface area contributed by atoms with Gasteiger partial charge in [0.15, 0.2) is 17.7 Å². The molecule has 6 heteroatoms. The van der Waals surface area contributed by atoms with Crippen LogP contribution in [0.2, 0.25) is 0 Å². The molecule has 0 bridgehead atoms. The van der Waals surface area contributed by atoms with Crippen LogP contribution in [0.5, 0.6) is 5.75 Å². The molecule has 0 aromatic carbocycles. The summed E-state index contributed by atoms with van der Waals surface area (Å²) in [5.41, 5.74) is -1.88. The summed E-state index contributed by atoms with van der Waals surface area (Å²) in [5, 5.41) is 8.91. The molecule has 0 fully saturated rings. The van der Waals surface area contributed by atoms with Gasteiger partial charge in [-0.1, -0.05) is 0 Å². The van der Waals surface area contributed by atoms with Crippen molar-refractivity contribution in [2.24, 2.45) is 0 Å². The van der Waals surface area contributed by atoms with Crippen LogP contribution in [-0.4, -0.2) is 16.4 Å². The van der Waals surface area contributed by atoms with E-state index in [0.29, 0.717) is 0 Å². The van der Waals surface area contributed by atoms with Gasteiger partial charge >= 0.3 is 6.18 Å². The lowest BCUT2D eigenvalue weighted by molar-refractivity contribution is -0.142. The average molecular weight is 191 g/mol. The molecular formula is C7H4F3NO2. The van der Waals surface area contributed by atoms with Crippen molar-refractivity contribution in [3.63, 3.8) is 0 Å². The third-order valence-electron chi connectivity index (χ3n) is 1.35. The summed E-state index contributed by atoms with van der Waals surface area (Å²) in [7, 11) is 0. The molecule has 1 aromatic heterocycles. The lowest BCUT2D eigenvalue weighted by Crippen LogP contribution is -2.08. The van der Waals surface area contributed by atoms with Gasteiger partial charge < -0.3 is 5.11 Å². The fraction of sp³-hybridized carbons (Fsp3) is 0.143. The zero-order chi connectivity index (χ0) is 10.1. The zero-order valence-electron chi connectivity index (χ0n) is 6.17. The lowest BCUT2D eigenvalue weighted by Gasteiger charge is -2.07. The third kappa shape index (κ3) is 1.77. The van der Waals surface area contributed by atoms with E-state index in [1.807, 2.05) is 0 Å². The van der Waals surface area contributed by atoms with Crippen LogP contribution in [-0.2, 0) is 6.18 Å². The predicted octanol–water partition coefficient (Wildman–Crippen LogP) is 1.62. The number of hydrogen-bond acceptors (Lipinski definition) is 3. The molecule has 0 aliphatic rings. The van der Waals surface area contributed by atoms with Crippen LogP contribution in [0.3, 0.4) is 0 Å². The van der Waals surface area contributed by atoms with Crippen LogP contribution >= 0.6 is 0 Å². The summed E-state index contributed by atoms with van der Waals surface area (Å²) in [6.45, 7) is 0. The third-order valence-corrected chi connectivity index (χ3v) is 1.35. The van der Waals surface area contributed by atoms with Gasteiger partial charge in [0, 0.05) is 6.20 Å². The first-order valence-electron chi connectivity index (χ1n) is 3.17. The van der Waals surface area contributed by atoms with Crippen LogP contribution in [0.15, 0.2) is 12.3 Å². The van der Waals surface area contributed by atoms with E-state index in [4.69, 9.17) is 5.11 Å². The fourth-order valence-corrected chi connectivity index (χ4v) is 0.771. The van der Waals surface area contributed by atoms with E-state index in [1.54, 1.807) is 0 Å². The predicted molar refractivity (Wildman–Crippen MR) is 36.3 cm³/mol. The molecule has 70 valence electrons. The van der Waals surface area contributed by atoms with E-state index in [-0.39, 0.29) is 6.29 Å². The molecule has 13 heavy (non-hydrogen) atoms. The zero-order valence-corrected chi connectivity index (χ0v) is 6.17. The van der Waals surface area contributed by atoms with E-state index < -0.39 is 23.2 Å². The van der Waals surface area contributed by atoms with E-state index in [2.05, 4.69) is 4.98 Å². The molecule has 0 saturated carbocycles. The van der Waals surface area contributed by atoms with Gasteiger partial charge in [0.2, 0.25) is 0 Å². The Hall–Kier alpha value is -1.59. The van der Waals surface area contributed by atoms with Crippen molar-refractivity contribution in [2.75, 3.05) is 0 Å². The van der Waals surface area contributed by atoms with Crippen LogP contribution in [0.4, 0.5) is 13.2 Å². The molecular weight excluding hydrogens is 187 g/mol. The maximum absolute atomic E-state index is 12.0. The Morgan fingerprint density at radius 1 is 1.46 bits per heavy atom. The Balaban J connectivity index is 3.32. The smallest absolute Gasteiger partial charge is 0.437 e. The molecule has 0 radical (unpaired) electrons. The minimum absolute atomic E-state index is 0.131. The van der Waals surface area contributed by atoms with Crippen molar-refractivity contribution >= 4 is 6.29 Å². The van der Waals surface area contributed by atoms with Crippen LogP contribution in [0.1, 0.15) is 16.1 Å². The van der Waals surface area contributed by atoms with Crippen molar-refractivity contribution in [3.05, 3.63) is 23.5 Å². The highest BCUT2D eigenvalue weighted by molar-refractivity contribution is 5.79. The second kappa shape index (κ2) is 3.04. The fourth-order valence-electron chi connectivity index (χ4n) is 0.771. The second-order valence-corrected chi connectivity index (χ2v) is 2.21. The van der Waals surface area contributed by atoms with Crippen LogP contribution in [0, 0.1) is 0 Å². The Morgan fingerprint density at radius 3 is 2.54 bits per heavy atom. The summed E-state index contributed by atoms with van der Waals surface area (Å²) in [5.74, 6) is -1.13. The van der Waals surface area contributed by atoms with Gasteiger partial charge in [-0.2, -0.15) is 13.2 Å². The number of halogens is 3. The number of aromatic hydroxyl groups is 1. The van der Waals surface area contributed by atoms with E-state index in [0.717, 1.165) is 12.3 Å². The highest BCUT2D eigenvalue weighted by Gasteiger charge is 2.36. The van der Waals surface area contributed by atoms with E-state index in [1.165, 1.54) is 0 Å². The summed E-state index contributed by atoms with van der Waals surface area (Å²) in [6, 6.07) is 0.998. The van der Waals surface area contributed by atoms with Gasteiger partial charge in [0.05, 0.1) is 5.56 Å². The number of carbonyl (C=O) groups excluding carboxylic acids is 1. The summed E-state index contributed by atoms with van der Waals surface area (Å²) in [4.78, 5) is 13.1. The molecule has 0 unspecified atom stereocenters. The quantitative estimate of drug-likeness (QED) is 0.686. The van der Waals surface area contributed by atoms with Gasteiger partial charge in [0.25, 0.3) is 0 Å². The van der Waals surface area contributed by atoms with Crippen molar-refractivity contribution in [1.82, 2.24) is 4.98 Å². The summed E-state index contributed by atoms with van der Waals surface area (Å²) in [6.07, 6.45) is -3.80. The molecule has 1 N–H and O–H groups in total. The molecule has 3 nitrogen and oxygen atoms in total. The Bertz CT molecular complexity index is 335. The van der Waals surface area contributed by atoms with Crippen molar-refractivity contribution in [2.45, 2.75) is 6.18 Å². The van der Waals surface area contributed by atoms with Crippen LogP contribution in [0.25, 0.3) is 0 Å². The highest BCUT2D eigenvalue weighted by Crippen LogP contribution is 2.34. The largest absolute Gasteiger partial charge is 0.505 e. The Morgan fingerprint density at radius 2 is 2.08 bits per heavy atom. The van der Waals surface area contributed by atoms with Gasteiger partial charge in [0.1, 0.15) is 0 Å². The van der Waals surface area contributed by atoms with Crippen molar-refractivity contribution in [1.29, 1.82) is 0 Å². The number of rotatable bonds is 1. The molecule has 1 heterocycles. The summed E-state index contributed by atoms with van der Waals surface area (Å²) >= 11 is 0. The minimum atomic E-state index is -4.75. The van der Waals surface area contributed by atoms with Crippen LogP contribution < -0.4 is 0 Å². The molecule has 0 atom stereocenters. The molecule has 1 rings (SSSR count). The standard InChI is InChI=1S/C7H4F3NO2/c8-7(9,10)6-5(13)4(3-12)1-2-11-6/h1-3,13H. The first kappa shape index (κ1) is 9.50. The lowest BCUT2D eigenvalue weighted by atomic mass is 10.2. The normalized spacial score (nSPS) is 11.3. The molecule has 0 saturated heterocycles. The first-order chi connectivity index (χ1) is 5.96. The molecule has 0 spiro atoms. The van der Waals surface area contributed by atoms with Gasteiger partial charge in [-0.15, -0.1) is 0 Å².